The van der Waals surface area contributed by atoms with Crippen LogP contribution in [0.15, 0.2) is 80.7 Å². The molecule has 0 bridgehead atoms. The molecule has 0 spiro atoms. The minimum absolute atomic E-state index is 0.202. The Bertz CT molecular complexity index is 1560. The molecule has 190 valence electrons. The molecule has 0 N–H and O–H groups in total. The van der Waals surface area contributed by atoms with Gasteiger partial charge in [-0.25, -0.2) is 4.57 Å². The zero-order valence-electron chi connectivity index (χ0n) is 22.4. The van der Waals surface area contributed by atoms with Gasteiger partial charge >= 0.3 is 0 Å². The first kappa shape index (κ1) is 24.7. The molecular formula is C32H35N2OS2+. The second-order valence-electron chi connectivity index (χ2n) is 11.6. The number of fused-ring (bicyclic) bond motifs is 1. The van der Waals surface area contributed by atoms with Gasteiger partial charge in [-0.2, -0.15) is 0 Å². The Morgan fingerprint density at radius 3 is 2.76 bits per heavy atom. The fourth-order valence-electron chi connectivity index (χ4n) is 6.14. The van der Waals surface area contributed by atoms with E-state index in [4.69, 9.17) is 0 Å². The molecule has 3 nitrogen and oxygen atoms in total. The lowest BCUT2D eigenvalue weighted by molar-refractivity contribution is -0.644. The molecule has 1 atom stereocenters. The number of hydrogen-bond acceptors (Lipinski definition) is 3. The zero-order valence-corrected chi connectivity index (χ0v) is 24.1. The van der Waals surface area contributed by atoms with Crippen molar-refractivity contribution in [3.05, 3.63) is 87.6 Å². The number of allylic oxidation sites excluding steroid dienone is 4. The predicted octanol–water partition coefficient (Wildman–Crippen LogP) is 7.24. The van der Waals surface area contributed by atoms with Crippen LogP contribution in [0.1, 0.15) is 49.8 Å². The van der Waals surface area contributed by atoms with E-state index in [1.165, 1.54) is 54.4 Å². The highest BCUT2D eigenvalue weighted by atomic mass is 32.2. The SMILES string of the molecule is Cc1ccc2c(c1)c(/C=C1C=C(/C=C3\Sc4cc(S(C)=O)cc5c4N3CCC5)CC(C)(C)C/1)cc[n+]2C. The Labute approximate surface area is 227 Å². The van der Waals surface area contributed by atoms with Crippen molar-refractivity contribution in [3.8, 4) is 0 Å². The lowest BCUT2D eigenvalue weighted by Crippen LogP contribution is -2.28. The molecule has 3 heterocycles. The van der Waals surface area contributed by atoms with E-state index in [1.54, 1.807) is 6.26 Å². The van der Waals surface area contributed by atoms with E-state index in [0.717, 1.165) is 37.1 Å². The topological polar surface area (TPSA) is 24.2 Å². The van der Waals surface area contributed by atoms with Crippen molar-refractivity contribution >= 4 is 45.2 Å². The van der Waals surface area contributed by atoms with Gasteiger partial charge in [0.15, 0.2) is 6.20 Å². The average molecular weight is 528 g/mol. The molecule has 0 saturated carbocycles. The summed E-state index contributed by atoms with van der Waals surface area (Å²) in [6.45, 7) is 8.00. The molecule has 5 heteroatoms. The van der Waals surface area contributed by atoms with Gasteiger partial charge in [0, 0.05) is 45.5 Å². The summed E-state index contributed by atoms with van der Waals surface area (Å²) in [4.78, 5) is 4.71. The van der Waals surface area contributed by atoms with Gasteiger partial charge in [-0.15, -0.1) is 0 Å². The van der Waals surface area contributed by atoms with E-state index in [9.17, 15) is 4.21 Å². The standard InChI is InChI=1S/C32H35N2OS2/c1-21-8-9-28-27(13-21)24(10-12-33(28)4)15-22-14-23(20-32(2,3)19-22)16-30-34-11-6-7-25-17-26(37(5)35)18-29(36-30)31(25)34/h8-10,12-18H,6-7,11,19-20H2,1-5H3/q+1. The largest absolute Gasteiger partial charge is 0.335 e. The molecule has 1 aromatic heterocycles. The number of hydrogen-bond donors (Lipinski definition) is 0. The van der Waals surface area contributed by atoms with E-state index < -0.39 is 10.8 Å². The van der Waals surface area contributed by atoms with Crippen LogP contribution in [-0.2, 0) is 24.3 Å². The highest BCUT2D eigenvalue weighted by Crippen LogP contribution is 2.52. The van der Waals surface area contributed by atoms with Crippen molar-refractivity contribution in [1.82, 2.24) is 0 Å². The van der Waals surface area contributed by atoms with Crippen LogP contribution in [0.25, 0.3) is 17.0 Å². The Morgan fingerprint density at radius 1 is 1.11 bits per heavy atom. The Balaban J connectivity index is 1.40. The minimum atomic E-state index is -0.958. The molecule has 2 aliphatic heterocycles. The number of aryl methyl sites for hydroxylation is 3. The van der Waals surface area contributed by atoms with E-state index in [2.05, 4.69) is 98.1 Å². The normalized spacial score (nSPS) is 21.4. The maximum Gasteiger partial charge on any atom is 0.212 e. The fourth-order valence-corrected chi connectivity index (χ4v) is 8.06. The van der Waals surface area contributed by atoms with E-state index in [0.29, 0.717) is 0 Å². The van der Waals surface area contributed by atoms with Crippen LogP contribution in [0.3, 0.4) is 0 Å². The summed E-state index contributed by atoms with van der Waals surface area (Å²) in [5.74, 6) is 0. The monoisotopic (exact) mass is 527 g/mol. The molecule has 37 heavy (non-hydrogen) atoms. The quantitative estimate of drug-likeness (QED) is 0.336. The summed E-state index contributed by atoms with van der Waals surface area (Å²) in [6.07, 6.45) is 15.5. The smallest absolute Gasteiger partial charge is 0.212 e. The fraction of sp³-hybridized carbons (Fsp3) is 0.344. The van der Waals surface area contributed by atoms with Crippen LogP contribution in [0.5, 0.6) is 0 Å². The molecule has 2 aromatic carbocycles. The average Bonchev–Trinajstić information content (AvgIpc) is 3.18. The highest BCUT2D eigenvalue weighted by molar-refractivity contribution is 8.03. The van der Waals surface area contributed by atoms with Crippen LogP contribution in [0.2, 0.25) is 0 Å². The molecule has 0 saturated heterocycles. The first-order valence-corrected chi connectivity index (χ1v) is 15.5. The van der Waals surface area contributed by atoms with Crippen molar-refractivity contribution in [2.75, 3.05) is 17.7 Å². The van der Waals surface area contributed by atoms with E-state index in [1.807, 2.05) is 11.8 Å². The van der Waals surface area contributed by atoms with Crippen LogP contribution in [0, 0.1) is 12.3 Å². The lowest BCUT2D eigenvalue weighted by atomic mass is 9.75. The summed E-state index contributed by atoms with van der Waals surface area (Å²) < 4.78 is 14.4. The van der Waals surface area contributed by atoms with Crippen molar-refractivity contribution in [1.29, 1.82) is 0 Å². The number of benzene rings is 2. The maximum atomic E-state index is 12.2. The van der Waals surface area contributed by atoms with Gasteiger partial charge in [-0.3, -0.25) is 4.21 Å². The van der Waals surface area contributed by atoms with Crippen LogP contribution >= 0.6 is 11.8 Å². The first-order chi connectivity index (χ1) is 17.7. The van der Waals surface area contributed by atoms with E-state index >= 15 is 0 Å². The summed E-state index contributed by atoms with van der Waals surface area (Å²) in [7, 11) is 1.16. The molecule has 6 rings (SSSR count). The number of thioether (sulfide) groups is 1. The Kier molecular flexibility index (Phi) is 6.20. The van der Waals surface area contributed by atoms with Gasteiger partial charge in [-0.05, 0) is 84.6 Å². The van der Waals surface area contributed by atoms with Crippen LogP contribution in [0.4, 0.5) is 5.69 Å². The van der Waals surface area contributed by atoms with Crippen LogP contribution in [-0.4, -0.2) is 17.0 Å². The molecule has 3 aliphatic rings. The van der Waals surface area contributed by atoms with Crippen molar-refractivity contribution in [3.63, 3.8) is 0 Å². The Morgan fingerprint density at radius 2 is 1.95 bits per heavy atom. The van der Waals surface area contributed by atoms with Crippen molar-refractivity contribution in [2.45, 2.75) is 56.2 Å². The molecule has 0 radical (unpaired) electrons. The molecule has 0 amide bonds. The van der Waals surface area contributed by atoms with Gasteiger partial charge in [0.25, 0.3) is 0 Å². The van der Waals surface area contributed by atoms with Crippen LogP contribution < -0.4 is 9.47 Å². The number of aromatic nitrogens is 1. The predicted molar refractivity (Wildman–Crippen MR) is 157 cm³/mol. The lowest BCUT2D eigenvalue weighted by Gasteiger charge is -2.32. The summed E-state index contributed by atoms with van der Waals surface area (Å²) in [5.41, 5.74) is 9.52. The first-order valence-electron chi connectivity index (χ1n) is 13.1. The second kappa shape index (κ2) is 9.28. The summed E-state index contributed by atoms with van der Waals surface area (Å²) in [6, 6.07) is 13.3. The number of anilines is 1. The number of nitrogens with zero attached hydrogens (tertiary/aromatic N) is 2. The number of pyridine rings is 1. The zero-order chi connectivity index (χ0) is 25.9. The van der Waals surface area contributed by atoms with Crippen molar-refractivity contribution < 1.29 is 8.78 Å². The van der Waals surface area contributed by atoms with Gasteiger partial charge in [-0.1, -0.05) is 49.4 Å². The third-order valence-electron chi connectivity index (χ3n) is 7.74. The third kappa shape index (κ3) is 4.72. The summed E-state index contributed by atoms with van der Waals surface area (Å²) >= 11 is 1.85. The molecular weight excluding hydrogens is 492 g/mol. The maximum absolute atomic E-state index is 12.2. The van der Waals surface area contributed by atoms with Crippen molar-refractivity contribution in [2.24, 2.45) is 12.5 Å². The summed E-state index contributed by atoms with van der Waals surface area (Å²) in [5, 5.41) is 2.62. The van der Waals surface area contributed by atoms with Gasteiger partial charge in [0.2, 0.25) is 5.52 Å². The van der Waals surface area contributed by atoms with E-state index in [-0.39, 0.29) is 5.41 Å². The highest BCUT2D eigenvalue weighted by Gasteiger charge is 2.32. The molecule has 0 fully saturated rings. The molecule has 1 aliphatic carbocycles. The number of rotatable bonds is 3. The van der Waals surface area contributed by atoms with Gasteiger partial charge < -0.3 is 4.90 Å². The molecule has 1 unspecified atom stereocenters. The Hall–Kier alpha value is -2.63. The van der Waals surface area contributed by atoms with Gasteiger partial charge in [0.05, 0.1) is 16.1 Å². The minimum Gasteiger partial charge on any atom is -0.335 e. The second-order valence-corrected chi connectivity index (χ2v) is 14.0. The third-order valence-corrected chi connectivity index (χ3v) is 9.72. The molecule has 3 aromatic rings. The van der Waals surface area contributed by atoms with Gasteiger partial charge in [0.1, 0.15) is 7.05 Å².